The molecule has 1 saturated heterocycles. The highest BCUT2D eigenvalue weighted by molar-refractivity contribution is 8.00. The molecule has 7 nitrogen and oxygen atoms in total. The zero-order valence-electron chi connectivity index (χ0n) is 19.4. The molecule has 0 spiro atoms. The molecule has 1 aromatic carbocycles. The number of nitrogens with two attached hydrogens (primary N) is 1. The number of piperidine rings is 1. The monoisotopic (exact) mass is 455 g/mol. The largest absolute Gasteiger partial charge is 0.369 e. The van der Waals surface area contributed by atoms with Gasteiger partial charge in [-0.1, -0.05) is 62.9 Å². The Morgan fingerprint density at radius 2 is 1.97 bits per heavy atom. The van der Waals surface area contributed by atoms with Crippen LogP contribution in [0.2, 0.25) is 0 Å². The lowest BCUT2D eigenvalue weighted by Crippen LogP contribution is -2.46. The van der Waals surface area contributed by atoms with E-state index in [0.717, 1.165) is 24.2 Å². The van der Waals surface area contributed by atoms with Gasteiger partial charge in [0.05, 0.1) is 11.2 Å². The normalized spacial score (nSPS) is 17.8. The van der Waals surface area contributed by atoms with Crippen LogP contribution in [0.15, 0.2) is 42.1 Å². The number of hydrogen-bond acceptors (Lipinski definition) is 5. The molecule has 8 heteroatoms. The first kappa shape index (κ1) is 24.0. The second-order valence-corrected chi connectivity index (χ2v) is 10.6. The SMILES string of the molecule is C=CCn1c(SC(C)C(=O)N2CCCC(C(N)=O)C2)nnc1-c1ccc(C(C)(C)C)cc1. The molecule has 0 bridgehead atoms. The van der Waals surface area contributed by atoms with Crippen molar-refractivity contribution in [2.45, 2.75) is 62.9 Å². The van der Waals surface area contributed by atoms with Gasteiger partial charge in [0, 0.05) is 25.2 Å². The summed E-state index contributed by atoms with van der Waals surface area (Å²) in [5, 5.41) is 9.11. The minimum atomic E-state index is -0.356. The first-order chi connectivity index (χ1) is 15.1. The predicted molar refractivity (Wildman–Crippen MR) is 128 cm³/mol. The molecule has 1 fully saturated rings. The highest BCUT2D eigenvalue weighted by Gasteiger charge is 2.30. The van der Waals surface area contributed by atoms with Gasteiger partial charge >= 0.3 is 0 Å². The van der Waals surface area contributed by atoms with Crippen molar-refractivity contribution in [1.29, 1.82) is 0 Å². The van der Waals surface area contributed by atoms with E-state index < -0.39 is 0 Å². The third-order valence-corrected chi connectivity index (χ3v) is 6.87. The van der Waals surface area contributed by atoms with Gasteiger partial charge in [-0.25, -0.2) is 0 Å². The summed E-state index contributed by atoms with van der Waals surface area (Å²) in [7, 11) is 0. The molecule has 2 atom stereocenters. The first-order valence-corrected chi connectivity index (χ1v) is 11.9. The van der Waals surface area contributed by atoms with Crippen LogP contribution < -0.4 is 5.73 Å². The molecule has 1 aliphatic heterocycles. The Hall–Kier alpha value is -2.61. The number of hydrogen-bond donors (Lipinski definition) is 1. The minimum Gasteiger partial charge on any atom is -0.369 e. The fourth-order valence-electron chi connectivity index (χ4n) is 3.88. The Morgan fingerprint density at radius 3 is 2.56 bits per heavy atom. The number of thioether (sulfide) groups is 1. The Kier molecular flexibility index (Phi) is 7.44. The third kappa shape index (κ3) is 5.41. The summed E-state index contributed by atoms with van der Waals surface area (Å²) in [4.78, 5) is 26.3. The molecule has 1 aromatic heterocycles. The number of rotatable bonds is 7. The quantitative estimate of drug-likeness (QED) is 0.508. The van der Waals surface area contributed by atoms with Crippen LogP contribution in [0.1, 0.15) is 46.1 Å². The molecular weight excluding hydrogens is 422 g/mol. The molecule has 0 radical (unpaired) electrons. The van der Waals surface area contributed by atoms with E-state index >= 15 is 0 Å². The molecule has 0 saturated carbocycles. The van der Waals surface area contributed by atoms with Crippen molar-refractivity contribution in [3.05, 3.63) is 42.5 Å². The van der Waals surface area contributed by atoms with Gasteiger partial charge in [0.25, 0.3) is 0 Å². The van der Waals surface area contributed by atoms with Gasteiger partial charge in [0.1, 0.15) is 0 Å². The highest BCUT2D eigenvalue weighted by Crippen LogP contribution is 2.30. The zero-order chi connectivity index (χ0) is 23.5. The van der Waals surface area contributed by atoms with Crippen LogP contribution in [-0.2, 0) is 21.5 Å². The number of nitrogens with zero attached hydrogens (tertiary/aromatic N) is 4. The maximum Gasteiger partial charge on any atom is 0.235 e. The number of likely N-dealkylation sites (tertiary alicyclic amines) is 1. The lowest BCUT2D eigenvalue weighted by Gasteiger charge is -2.32. The van der Waals surface area contributed by atoms with Crippen LogP contribution >= 0.6 is 11.8 Å². The van der Waals surface area contributed by atoms with Crippen molar-refractivity contribution in [3.8, 4) is 11.4 Å². The van der Waals surface area contributed by atoms with Gasteiger partial charge < -0.3 is 10.6 Å². The molecule has 2 heterocycles. The molecule has 2 amide bonds. The van der Waals surface area contributed by atoms with Gasteiger partial charge in [-0.2, -0.15) is 0 Å². The average molecular weight is 456 g/mol. The van der Waals surface area contributed by atoms with Crippen LogP contribution in [0.3, 0.4) is 0 Å². The summed E-state index contributed by atoms with van der Waals surface area (Å²) < 4.78 is 1.98. The number of amides is 2. The molecular formula is C24H33N5O2S. The maximum atomic E-state index is 13.0. The van der Waals surface area contributed by atoms with Gasteiger partial charge in [0.15, 0.2) is 11.0 Å². The van der Waals surface area contributed by atoms with Crippen LogP contribution in [0.25, 0.3) is 11.4 Å². The molecule has 32 heavy (non-hydrogen) atoms. The van der Waals surface area contributed by atoms with Crippen molar-refractivity contribution in [1.82, 2.24) is 19.7 Å². The van der Waals surface area contributed by atoms with E-state index in [-0.39, 0.29) is 28.4 Å². The molecule has 0 aliphatic carbocycles. The summed E-state index contributed by atoms with van der Waals surface area (Å²) in [5.74, 6) is 0.136. The van der Waals surface area contributed by atoms with Crippen molar-refractivity contribution in [2.75, 3.05) is 13.1 Å². The predicted octanol–water partition coefficient (Wildman–Crippen LogP) is 3.63. The van der Waals surface area contributed by atoms with Crippen molar-refractivity contribution < 1.29 is 9.59 Å². The van der Waals surface area contributed by atoms with Crippen molar-refractivity contribution >= 4 is 23.6 Å². The van der Waals surface area contributed by atoms with Crippen LogP contribution in [0.4, 0.5) is 0 Å². The number of benzene rings is 1. The van der Waals surface area contributed by atoms with E-state index in [2.05, 4.69) is 61.8 Å². The summed E-state index contributed by atoms with van der Waals surface area (Å²) in [6.45, 7) is 13.9. The van der Waals surface area contributed by atoms with Gasteiger partial charge in [0.2, 0.25) is 11.8 Å². The molecule has 2 N–H and O–H groups in total. The highest BCUT2D eigenvalue weighted by atomic mass is 32.2. The van der Waals surface area contributed by atoms with E-state index in [1.54, 1.807) is 11.0 Å². The molecule has 1 aliphatic rings. The van der Waals surface area contributed by atoms with Crippen LogP contribution in [0, 0.1) is 5.92 Å². The number of carbonyl (C=O) groups is 2. The topological polar surface area (TPSA) is 94.1 Å². The number of aromatic nitrogens is 3. The molecule has 2 aromatic rings. The number of carbonyl (C=O) groups excluding carboxylic acids is 2. The summed E-state index contributed by atoms with van der Waals surface area (Å²) in [6, 6.07) is 8.36. The van der Waals surface area contributed by atoms with E-state index in [4.69, 9.17) is 5.73 Å². The van der Waals surface area contributed by atoms with Crippen LogP contribution in [0.5, 0.6) is 0 Å². The first-order valence-electron chi connectivity index (χ1n) is 11.0. The smallest absolute Gasteiger partial charge is 0.235 e. The Balaban J connectivity index is 1.78. The van der Waals surface area contributed by atoms with E-state index in [1.807, 2.05) is 11.5 Å². The van der Waals surface area contributed by atoms with E-state index in [1.165, 1.54) is 17.3 Å². The van der Waals surface area contributed by atoms with Gasteiger partial charge in [-0.05, 0) is 30.7 Å². The van der Waals surface area contributed by atoms with Crippen LogP contribution in [-0.4, -0.2) is 49.8 Å². The number of primary amides is 1. The second kappa shape index (κ2) is 9.90. The average Bonchev–Trinajstić information content (AvgIpc) is 3.15. The Bertz CT molecular complexity index is 977. The number of allylic oxidation sites excluding steroid dienone is 1. The maximum absolute atomic E-state index is 13.0. The standard InChI is InChI=1S/C24H33N5O2S/c1-6-13-29-21(17-9-11-19(12-10-17)24(3,4)5)26-27-23(29)32-16(2)22(31)28-14-7-8-18(15-28)20(25)30/h6,9-12,16,18H,1,7-8,13-15H2,2-5H3,(H2,25,30). The molecule has 2 unspecified atom stereocenters. The zero-order valence-corrected chi connectivity index (χ0v) is 20.2. The van der Waals surface area contributed by atoms with E-state index in [9.17, 15) is 9.59 Å². The third-order valence-electron chi connectivity index (χ3n) is 5.80. The lowest BCUT2D eigenvalue weighted by molar-refractivity contribution is -0.134. The van der Waals surface area contributed by atoms with E-state index in [0.29, 0.717) is 24.8 Å². The summed E-state index contributed by atoms with van der Waals surface area (Å²) in [6.07, 6.45) is 3.33. The Morgan fingerprint density at radius 1 is 1.28 bits per heavy atom. The lowest BCUT2D eigenvalue weighted by atomic mass is 9.87. The van der Waals surface area contributed by atoms with Gasteiger partial charge in [-0.3, -0.25) is 14.2 Å². The van der Waals surface area contributed by atoms with Crippen molar-refractivity contribution in [3.63, 3.8) is 0 Å². The second-order valence-electron chi connectivity index (χ2n) is 9.32. The minimum absolute atomic E-state index is 0.00909. The Labute approximate surface area is 194 Å². The summed E-state index contributed by atoms with van der Waals surface area (Å²) >= 11 is 1.38. The molecule has 172 valence electrons. The fraction of sp³-hybridized carbons (Fsp3) is 0.500. The fourth-order valence-corrected chi connectivity index (χ4v) is 4.82. The summed E-state index contributed by atoms with van der Waals surface area (Å²) in [5.41, 5.74) is 7.76. The van der Waals surface area contributed by atoms with Crippen molar-refractivity contribution in [2.24, 2.45) is 11.7 Å². The van der Waals surface area contributed by atoms with Gasteiger partial charge in [-0.15, -0.1) is 16.8 Å². The molecule has 3 rings (SSSR count).